The number of nitrogens with one attached hydrogen (secondary N) is 2. The van der Waals surface area contributed by atoms with Gasteiger partial charge in [-0.3, -0.25) is 20.3 Å². The number of benzene rings is 2. The highest BCUT2D eigenvalue weighted by Crippen LogP contribution is 2.28. The maximum Gasteiger partial charge on any atom is 0.270 e. The summed E-state index contributed by atoms with van der Waals surface area (Å²) < 4.78 is 33.3. The third-order valence-corrected chi connectivity index (χ3v) is 6.04. The standard InChI is InChI=1S/C18H17N5O5S2/c1-12-20-14(11-29-12)10-19-21-17-8-5-15(23(24)25)9-18(17)30(26,27)22-13-3-6-16(28-2)7-4-13/h3-11,21-22H,1-2H3/b19-10+. The molecule has 1 aromatic heterocycles. The van der Waals surface area contributed by atoms with Crippen LogP contribution in [-0.4, -0.2) is 31.6 Å². The first-order chi connectivity index (χ1) is 14.3. The monoisotopic (exact) mass is 447 g/mol. The number of methoxy groups -OCH3 is 1. The van der Waals surface area contributed by atoms with Crippen LogP contribution in [0.1, 0.15) is 10.7 Å². The Hall–Kier alpha value is -3.51. The highest BCUT2D eigenvalue weighted by molar-refractivity contribution is 7.92. The zero-order chi connectivity index (χ0) is 21.7. The molecule has 156 valence electrons. The predicted molar refractivity (Wildman–Crippen MR) is 115 cm³/mol. The first kappa shape index (κ1) is 21.2. The van der Waals surface area contributed by atoms with Gasteiger partial charge in [0.2, 0.25) is 0 Å². The van der Waals surface area contributed by atoms with E-state index >= 15 is 0 Å². The number of anilines is 2. The number of sulfonamides is 1. The van der Waals surface area contributed by atoms with Crippen molar-refractivity contribution in [2.24, 2.45) is 5.10 Å². The fourth-order valence-corrected chi connectivity index (χ4v) is 4.21. The van der Waals surface area contributed by atoms with Crippen LogP contribution in [0, 0.1) is 17.0 Å². The maximum atomic E-state index is 12.9. The third kappa shape index (κ3) is 5.10. The maximum absolute atomic E-state index is 12.9. The van der Waals surface area contributed by atoms with E-state index in [4.69, 9.17) is 4.74 Å². The Kier molecular flexibility index (Phi) is 6.28. The smallest absolute Gasteiger partial charge is 0.270 e. The van der Waals surface area contributed by atoms with Gasteiger partial charge in [0.05, 0.1) is 34.6 Å². The van der Waals surface area contributed by atoms with Crippen molar-refractivity contribution >= 4 is 44.6 Å². The van der Waals surface area contributed by atoms with Crippen molar-refractivity contribution in [3.8, 4) is 5.75 Å². The molecule has 0 saturated heterocycles. The van der Waals surface area contributed by atoms with Gasteiger partial charge in [-0.1, -0.05) is 0 Å². The van der Waals surface area contributed by atoms with E-state index in [1.807, 2.05) is 6.92 Å². The second-order valence-electron chi connectivity index (χ2n) is 5.93. The molecule has 0 fully saturated rings. The second-order valence-corrected chi connectivity index (χ2v) is 8.65. The number of nitro groups is 1. The molecule has 0 amide bonds. The van der Waals surface area contributed by atoms with Crippen molar-refractivity contribution < 1.29 is 18.1 Å². The van der Waals surface area contributed by atoms with Gasteiger partial charge in [-0.05, 0) is 37.3 Å². The summed E-state index contributed by atoms with van der Waals surface area (Å²) in [5, 5.41) is 17.8. The Labute approximate surface area is 176 Å². The van der Waals surface area contributed by atoms with Gasteiger partial charge in [0.1, 0.15) is 10.6 Å². The van der Waals surface area contributed by atoms with Crippen molar-refractivity contribution in [3.05, 3.63) is 68.7 Å². The number of hydrogen-bond acceptors (Lipinski definition) is 9. The van der Waals surface area contributed by atoms with Crippen LogP contribution < -0.4 is 14.9 Å². The average Bonchev–Trinajstić information content (AvgIpc) is 3.13. The van der Waals surface area contributed by atoms with Crippen molar-refractivity contribution in [1.29, 1.82) is 0 Å². The molecule has 0 radical (unpaired) electrons. The highest BCUT2D eigenvalue weighted by Gasteiger charge is 2.22. The van der Waals surface area contributed by atoms with Crippen LogP contribution in [0.4, 0.5) is 17.1 Å². The summed E-state index contributed by atoms with van der Waals surface area (Å²) in [6.07, 6.45) is 1.43. The molecule has 0 atom stereocenters. The minimum atomic E-state index is -4.16. The number of rotatable bonds is 8. The van der Waals surface area contributed by atoms with Gasteiger partial charge in [-0.2, -0.15) is 5.10 Å². The molecule has 0 aliphatic carbocycles. The summed E-state index contributed by atoms with van der Waals surface area (Å²) in [5.41, 5.74) is 3.20. The lowest BCUT2D eigenvalue weighted by molar-refractivity contribution is -0.385. The number of non-ortho nitro benzene ring substituents is 1. The predicted octanol–water partition coefficient (Wildman–Crippen LogP) is 3.62. The van der Waals surface area contributed by atoms with Gasteiger partial charge in [0, 0.05) is 23.2 Å². The van der Waals surface area contributed by atoms with Crippen LogP contribution in [-0.2, 0) is 10.0 Å². The average molecular weight is 447 g/mol. The van der Waals surface area contributed by atoms with E-state index in [0.717, 1.165) is 11.1 Å². The Morgan fingerprint density at radius 1 is 1.23 bits per heavy atom. The molecule has 30 heavy (non-hydrogen) atoms. The molecule has 3 rings (SSSR count). The molecule has 0 aliphatic heterocycles. The van der Waals surface area contributed by atoms with E-state index in [1.165, 1.54) is 48.9 Å². The Morgan fingerprint density at radius 2 is 1.97 bits per heavy atom. The van der Waals surface area contributed by atoms with Gasteiger partial charge in [0.25, 0.3) is 15.7 Å². The zero-order valence-electron chi connectivity index (χ0n) is 15.9. The fraction of sp³-hybridized carbons (Fsp3) is 0.111. The summed E-state index contributed by atoms with van der Waals surface area (Å²) in [6, 6.07) is 9.65. The van der Waals surface area contributed by atoms with Crippen LogP contribution >= 0.6 is 11.3 Å². The van der Waals surface area contributed by atoms with Gasteiger partial charge in [-0.15, -0.1) is 11.3 Å². The van der Waals surface area contributed by atoms with Crippen LogP contribution in [0.15, 0.2) is 57.8 Å². The fourth-order valence-electron chi connectivity index (χ4n) is 2.42. The highest BCUT2D eigenvalue weighted by atomic mass is 32.2. The normalized spacial score (nSPS) is 11.4. The number of aryl methyl sites for hydroxylation is 1. The molecule has 0 saturated carbocycles. The quantitative estimate of drug-likeness (QED) is 0.306. The van der Waals surface area contributed by atoms with Crippen molar-refractivity contribution in [3.63, 3.8) is 0 Å². The molecule has 12 heteroatoms. The van der Waals surface area contributed by atoms with E-state index in [0.29, 0.717) is 11.4 Å². The summed E-state index contributed by atoms with van der Waals surface area (Å²) in [7, 11) is -2.66. The molecular formula is C18H17N5O5S2. The lowest BCUT2D eigenvalue weighted by Gasteiger charge is -2.12. The summed E-state index contributed by atoms with van der Waals surface area (Å²) in [6.45, 7) is 1.85. The van der Waals surface area contributed by atoms with Crippen molar-refractivity contribution in [1.82, 2.24) is 4.98 Å². The molecule has 3 aromatic rings. The van der Waals surface area contributed by atoms with E-state index in [-0.39, 0.29) is 22.0 Å². The van der Waals surface area contributed by atoms with Crippen LogP contribution in [0.5, 0.6) is 5.75 Å². The van der Waals surface area contributed by atoms with E-state index in [1.54, 1.807) is 17.5 Å². The van der Waals surface area contributed by atoms with E-state index in [9.17, 15) is 18.5 Å². The number of nitrogens with zero attached hydrogens (tertiary/aromatic N) is 3. The largest absolute Gasteiger partial charge is 0.497 e. The molecule has 2 N–H and O–H groups in total. The topological polar surface area (TPSA) is 136 Å². The van der Waals surface area contributed by atoms with Crippen LogP contribution in [0.3, 0.4) is 0 Å². The number of ether oxygens (including phenoxy) is 1. The lowest BCUT2D eigenvalue weighted by Crippen LogP contribution is -2.15. The summed E-state index contributed by atoms with van der Waals surface area (Å²) in [4.78, 5) is 14.4. The molecular weight excluding hydrogens is 430 g/mol. The van der Waals surface area contributed by atoms with Crippen molar-refractivity contribution in [2.75, 3.05) is 17.3 Å². The van der Waals surface area contributed by atoms with Gasteiger partial charge >= 0.3 is 0 Å². The molecule has 2 aromatic carbocycles. The number of hydrazone groups is 1. The number of aromatic nitrogens is 1. The first-order valence-corrected chi connectivity index (χ1v) is 10.8. The number of nitro benzene ring substituents is 1. The van der Waals surface area contributed by atoms with Crippen LogP contribution in [0.25, 0.3) is 0 Å². The van der Waals surface area contributed by atoms with Gasteiger partial charge in [0.15, 0.2) is 0 Å². The van der Waals surface area contributed by atoms with Crippen LogP contribution in [0.2, 0.25) is 0 Å². The van der Waals surface area contributed by atoms with Gasteiger partial charge < -0.3 is 4.74 Å². The first-order valence-electron chi connectivity index (χ1n) is 8.45. The Bertz CT molecular complexity index is 1190. The Balaban J connectivity index is 1.91. The molecule has 1 heterocycles. The SMILES string of the molecule is COc1ccc(NS(=O)(=O)c2cc([N+](=O)[O-])ccc2N/N=C/c2csc(C)n2)cc1. The molecule has 0 aliphatic rings. The van der Waals surface area contributed by atoms with Gasteiger partial charge in [-0.25, -0.2) is 13.4 Å². The third-order valence-electron chi connectivity index (χ3n) is 3.83. The minimum absolute atomic E-state index is 0.0739. The number of hydrogen-bond donors (Lipinski definition) is 2. The van der Waals surface area contributed by atoms with Crippen molar-refractivity contribution in [2.45, 2.75) is 11.8 Å². The summed E-state index contributed by atoms with van der Waals surface area (Å²) >= 11 is 1.45. The summed E-state index contributed by atoms with van der Waals surface area (Å²) in [5.74, 6) is 0.558. The molecule has 0 spiro atoms. The second kappa shape index (κ2) is 8.88. The molecule has 0 unspecified atom stereocenters. The minimum Gasteiger partial charge on any atom is -0.497 e. The lowest BCUT2D eigenvalue weighted by atomic mass is 10.3. The molecule has 0 bridgehead atoms. The number of thiazole rings is 1. The zero-order valence-corrected chi connectivity index (χ0v) is 17.5. The van der Waals surface area contributed by atoms with E-state index < -0.39 is 14.9 Å². The van der Waals surface area contributed by atoms with E-state index in [2.05, 4.69) is 20.2 Å². The molecule has 10 nitrogen and oxygen atoms in total. The Morgan fingerprint density at radius 3 is 2.57 bits per heavy atom.